The van der Waals surface area contributed by atoms with Gasteiger partial charge in [-0.3, -0.25) is 0 Å². The Morgan fingerprint density at radius 3 is 2.67 bits per heavy atom. The third-order valence-corrected chi connectivity index (χ3v) is 8.48. The topological polar surface area (TPSA) is 58.6 Å². The van der Waals surface area contributed by atoms with E-state index in [-0.39, 0.29) is 23.7 Å². The standard InChI is InChI=1S/C17H28N2O3S2/c20-24(21)7-5-14(11-24)19(10-15-2-1-6-22-15)17(23)18-16-9-12-3-4-13(16)8-12/h12-16H,1-11H2,(H,18,23)/t12-,13-,14-,15-,16-/m0/s1. The molecular weight excluding hydrogens is 344 g/mol. The van der Waals surface area contributed by atoms with Crippen LogP contribution in [0.5, 0.6) is 0 Å². The van der Waals surface area contributed by atoms with Crippen molar-refractivity contribution in [2.24, 2.45) is 11.8 Å². The van der Waals surface area contributed by atoms with Crippen LogP contribution in [0.3, 0.4) is 0 Å². The number of thiocarbonyl (C=S) groups is 1. The smallest absolute Gasteiger partial charge is 0.169 e. The summed E-state index contributed by atoms with van der Waals surface area (Å²) in [6.07, 6.45) is 8.26. The van der Waals surface area contributed by atoms with Crippen molar-refractivity contribution in [1.29, 1.82) is 0 Å². The summed E-state index contributed by atoms with van der Waals surface area (Å²) in [5, 5.41) is 4.35. The summed E-state index contributed by atoms with van der Waals surface area (Å²) in [5.41, 5.74) is 0. The lowest BCUT2D eigenvalue weighted by atomic mass is 9.95. The predicted octanol–water partition coefficient (Wildman–Crippen LogP) is 1.72. The SMILES string of the molecule is O=S1(=O)CC[C@H](N(C[C@@H]2CCCO2)C(=S)N[C@H]2C[C@H]3CC[C@H]2C3)C1. The van der Waals surface area contributed by atoms with Crippen LogP contribution < -0.4 is 5.32 Å². The van der Waals surface area contributed by atoms with Crippen LogP contribution in [-0.2, 0) is 14.6 Å². The second-order valence-electron chi connectivity index (χ2n) is 8.08. The van der Waals surface area contributed by atoms with E-state index in [0.29, 0.717) is 12.5 Å². The van der Waals surface area contributed by atoms with Crippen molar-refractivity contribution in [3.05, 3.63) is 0 Å². The summed E-state index contributed by atoms with van der Waals surface area (Å²) in [5.74, 6) is 2.15. The van der Waals surface area contributed by atoms with Crippen molar-refractivity contribution in [3.63, 3.8) is 0 Å². The lowest BCUT2D eigenvalue weighted by Crippen LogP contribution is -2.52. The molecule has 136 valence electrons. The fourth-order valence-electron chi connectivity index (χ4n) is 5.09. The third-order valence-electron chi connectivity index (χ3n) is 6.38. The Hall–Kier alpha value is -0.400. The van der Waals surface area contributed by atoms with Gasteiger partial charge in [-0.1, -0.05) is 6.42 Å². The molecule has 0 aromatic carbocycles. The molecule has 0 aromatic heterocycles. The van der Waals surface area contributed by atoms with Crippen LogP contribution in [0.25, 0.3) is 0 Å². The zero-order valence-electron chi connectivity index (χ0n) is 14.2. The highest BCUT2D eigenvalue weighted by Gasteiger charge is 2.41. The molecule has 2 aliphatic heterocycles. The van der Waals surface area contributed by atoms with Crippen LogP contribution in [0.1, 0.15) is 44.9 Å². The molecule has 1 N–H and O–H groups in total. The largest absolute Gasteiger partial charge is 0.376 e. The Balaban J connectivity index is 1.43. The van der Waals surface area contributed by atoms with Crippen molar-refractivity contribution in [3.8, 4) is 0 Å². The molecule has 0 unspecified atom stereocenters. The lowest BCUT2D eigenvalue weighted by Gasteiger charge is -2.35. The summed E-state index contributed by atoms with van der Waals surface area (Å²) in [6, 6.07) is 0.499. The quantitative estimate of drug-likeness (QED) is 0.759. The van der Waals surface area contributed by atoms with Gasteiger partial charge in [-0.2, -0.15) is 0 Å². The summed E-state index contributed by atoms with van der Waals surface area (Å²) < 4.78 is 29.7. The van der Waals surface area contributed by atoms with Gasteiger partial charge in [0.25, 0.3) is 0 Å². The van der Waals surface area contributed by atoms with Crippen molar-refractivity contribution < 1.29 is 13.2 Å². The fraction of sp³-hybridized carbons (Fsp3) is 0.941. The number of nitrogens with one attached hydrogen (secondary N) is 1. The average molecular weight is 373 g/mol. The van der Waals surface area contributed by atoms with E-state index in [0.717, 1.165) is 42.9 Å². The molecule has 2 saturated heterocycles. The molecule has 0 amide bonds. The maximum absolute atomic E-state index is 11.9. The van der Waals surface area contributed by atoms with Crippen LogP contribution in [0, 0.1) is 11.8 Å². The van der Waals surface area contributed by atoms with Crippen molar-refractivity contribution in [2.45, 2.75) is 63.1 Å². The van der Waals surface area contributed by atoms with Crippen molar-refractivity contribution in [2.75, 3.05) is 24.7 Å². The third kappa shape index (κ3) is 3.58. The first kappa shape index (κ1) is 17.0. The van der Waals surface area contributed by atoms with Crippen LogP contribution in [0.15, 0.2) is 0 Å². The molecule has 24 heavy (non-hydrogen) atoms. The number of nitrogens with zero attached hydrogens (tertiary/aromatic N) is 1. The first-order valence-corrected chi connectivity index (χ1v) is 11.6. The molecule has 2 heterocycles. The Morgan fingerprint density at radius 1 is 1.21 bits per heavy atom. The Morgan fingerprint density at radius 2 is 2.08 bits per heavy atom. The van der Waals surface area contributed by atoms with E-state index in [1.807, 2.05) is 0 Å². The van der Waals surface area contributed by atoms with Crippen LogP contribution >= 0.6 is 12.2 Å². The minimum absolute atomic E-state index is 0.0118. The molecule has 0 aromatic rings. The summed E-state index contributed by atoms with van der Waals surface area (Å²) in [7, 11) is -2.91. The highest BCUT2D eigenvalue weighted by molar-refractivity contribution is 7.91. The van der Waals surface area contributed by atoms with Crippen LogP contribution in [-0.4, -0.2) is 61.3 Å². The summed E-state index contributed by atoms with van der Waals surface area (Å²) in [4.78, 5) is 2.14. The van der Waals surface area contributed by atoms with Gasteiger partial charge >= 0.3 is 0 Å². The highest BCUT2D eigenvalue weighted by Crippen LogP contribution is 2.44. The van der Waals surface area contributed by atoms with Crippen LogP contribution in [0.4, 0.5) is 0 Å². The van der Waals surface area contributed by atoms with Gasteiger partial charge in [-0.25, -0.2) is 8.42 Å². The van der Waals surface area contributed by atoms with E-state index in [1.54, 1.807) is 0 Å². The van der Waals surface area contributed by atoms with E-state index in [2.05, 4.69) is 10.2 Å². The average Bonchev–Trinajstić information content (AvgIpc) is 3.28. The van der Waals surface area contributed by atoms with Gasteiger partial charge in [-0.15, -0.1) is 0 Å². The second-order valence-corrected chi connectivity index (χ2v) is 10.7. The van der Waals surface area contributed by atoms with Crippen molar-refractivity contribution >= 4 is 27.2 Å². The van der Waals surface area contributed by atoms with E-state index in [9.17, 15) is 8.42 Å². The van der Waals surface area contributed by atoms with E-state index < -0.39 is 9.84 Å². The summed E-state index contributed by atoms with van der Waals surface area (Å²) in [6.45, 7) is 1.54. The van der Waals surface area contributed by atoms with E-state index >= 15 is 0 Å². The van der Waals surface area contributed by atoms with E-state index in [4.69, 9.17) is 17.0 Å². The van der Waals surface area contributed by atoms with Gasteiger partial charge in [0.1, 0.15) is 0 Å². The highest BCUT2D eigenvalue weighted by atomic mass is 32.2. The van der Waals surface area contributed by atoms with Crippen molar-refractivity contribution in [1.82, 2.24) is 10.2 Å². The number of ether oxygens (including phenoxy) is 1. The molecule has 2 saturated carbocycles. The molecule has 2 bridgehead atoms. The maximum atomic E-state index is 11.9. The van der Waals surface area contributed by atoms with Gasteiger partial charge in [-0.05, 0) is 62.6 Å². The van der Waals surface area contributed by atoms with Crippen LogP contribution in [0.2, 0.25) is 0 Å². The molecule has 0 spiro atoms. The first-order chi connectivity index (χ1) is 11.5. The number of sulfone groups is 1. The number of hydrogen-bond donors (Lipinski definition) is 1. The molecule has 4 aliphatic rings. The maximum Gasteiger partial charge on any atom is 0.169 e. The van der Waals surface area contributed by atoms with Gasteiger partial charge in [0, 0.05) is 25.2 Å². The summed E-state index contributed by atoms with van der Waals surface area (Å²) >= 11 is 5.74. The monoisotopic (exact) mass is 372 g/mol. The molecular formula is C17H28N2O3S2. The molecule has 4 fully saturated rings. The predicted molar refractivity (Wildman–Crippen MR) is 97.7 cm³/mol. The van der Waals surface area contributed by atoms with Gasteiger partial charge in [0.2, 0.25) is 0 Å². The Labute approximate surface area is 150 Å². The molecule has 4 rings (SSSR count). The number of fused-ring (bicyclic) bond motifs is 2. The molecule has 5 atom stereocenters. The van der Waals surface area contributed by atoms with Gasteiger partial charge in [0.05, 0.1) is 17.6 Å². The fourth-order valence-corrected chi connectivity index (χ4v) is 7.20. The van der Waals surface area contributed by atoms with Gasteiger partial charge < -0.3 is 15.0 Å². The molecule has 2 aliphatic carbocycles. The zero-order valence-corrected chi connectivity index (χ0v) is 15.8. The molecule has 7 heteroatoms. The molecule has 0 radical (unpaired) electrons. The van der Waals surface area contributed by atoms with E-state index in [1.165, 1.54) is 25.7 Å². The first-order valence-electron chi connectivity index (χ1n) is 9.39. The van der Waals surface area contributed by atoms with Gasteiger partial charge in [0.15, 0.2) is 14.9 Å². The number of hydrogen-bond acceptors (Lipinski definition) is 4. The zero-order chi connectivity index (χ0) is 16.7. The Kier molecular flexibility index (Phi) is 4.77. The normalized spacial score (nSPS) is 40.1. The Bertz CT molecular complexity index is 589. The minimum atomic E-state index is -2.91. The lowest BCUT2D eigenvalue weighted by molar-refractivity contribution is 0.0838. The number of rotatable bonds is 4. The second kappa shape index (κ2) is 6.72. The minimum Gasteiger partial charge on any atom is -0.376 e. The molecule has 5 nitrogen and oxygen atoms in total.